The Hall–Kier alpha value is -0.260. The Labute approximate surface area is 58.3 Å². The Balaban J connectivity index is 0. The average Bonchev–Trinajstić information content (AvgIpc) is 1.87. The molecule has 0 saturated carbocycles. The summed E-state index contributed by atoms with van der Waals surface area (Å²) in [4.78, 5) is 0. The Kier molecular flexibility index (Phi) is 8.51. The molecule has 2 nitrogen and oxygen atoms in total. The van der Waals surface area contributed by atoms with Gasteiger partial charge in [0.15, 0.2) is 0 Å². The fourth-order valence-electron chi connectivity index (χ4n) is 0. The summed E-state index contributed by atoms with van der Waals surface area (Å²) < 4.78 is 50.5. The molecule has 0 aliphatic heterocycles. The van der Waals surface area contributed by atoms with E-state index in [0.29, 0.717) is 0 Å². The van der Waals surface area contributed by atoms with Gasteiger partial charge in [0.2, 0.25) is 0 Å². The normalized spacial score (nSPS) is 10.0. The van der Waals surface area contributed by atoms with Gasteiger partial charge in [0.05, 0.1) is 5.75 Å². The second-order valence-electron chi connectivity index (χ2n) is 1.21. The van der Waals surface area contributed by atoms with Crippen LogP contribution in [-0.4, -0.2) is 27.5 Å². The van der Waals surface area contributed by atoms with E-state index in [2.05, 4.69) is 0 Å². The zero-order valence-corrected chi connectivity index (χ0v) is 6.30. The lowest BCUT2D eigenvalue weighted by atomic mass is 10.9. The minimum absolute atomic E-state index is 0.424. The van der Waals surface area contributed by atoms with Crippen LogP contribution >= 0.6 is 0 Å². The Morgan fingerprint density at radius 2 is 1.40 bits per heavy atom. The van der Waals surface area contributed by atoms with Crippen LogP contribution in [0.4, 0.5) is 12.7 Å². The molecule has 0 aromatic heterocycles. The van der Waals surface area contributed by atoms with Crippen molar-refractivity contribution in [3.05, 3.63) is 0 Å². The minimum atomic E-state index is -4.16. The summed E-state index contributed by atoms with van der Waals surface area (Å²) in [5.41, 5.74) is 0. The molecule has 0 saturated heterocycles. The molecular weight excluding hydrogens is 169 g/mol. The highest BCUT2D eigenvalue weighted by atomic mass is 32.3. The Morgan fingerprint density at radius 1 is 1.20 bits per heavy atom. The third-order valence-corrected chi connectivity index (χ3v) is 1.11. The van der Waals surface area contributed by atoms with E-state index in [0.717, 1.165) is 0 Å². The molecule has 0 amide bonds. The molecule has 10 heavy (non-hydrogen) atoms. The van der Waals surface area contributed by atoms with Gasteiger partial charge in [-0.05, 0) is 6.92 Å². The molecule has 0 heterocycles. The van der Waals surface area contributed by atoms with Crippen LogP contribution < -0.4 is 0 Å². The van der Waals surface area contributed by atoms with Gasteiger partial charge < -0.3 is 0 Å². The van der Waals surface area contributed by atoms with E-state index in [1.807, 2.05) is 0 Å². The summed E-state index contributed by atoms with van der Waals surface area (Å²) in [5, 5.41) is 0. The minimum Gasteiger partial charge on any atom is -0.248 e. The molecule has 0 atom stereocenters. The third-order valence-electron chi connectivity index (χ3n) is 0.416. The van der Waals surface area contributed by atoms with Gasteiger partial charge in [-0.3, -0.25) is 0 Å². The average molecular weight is 178 g/mol. The van der Waals surface area contributed by atoms with Gasteiger partial charge in [0.1, 0.15) is 13.3 Å². The first-order valence-corrected chi connectivity index (χ1v) is 4.07. The van der Waals surface area contributed by atoms with Crippen LogP contribution in [0.2, 0.25) is 0 Å². The maximum absolute atomic E-state index is 11.1. The molecule has 0 fully saturated rings. The van der Waals surface area contributed by atoms with Gasteiger partial charge in [-0.25, -0.2) is 8.78 Å². The first kappa shape index (κ1) is 12.4. The van der Waals surface area contributed by atoms with Crippen LogP contribution in [0.25, 0.3) is 0 Å². The van der Waals surface area contributed by atoms with Crippen molar-refractivity contribution in [2.75, 3.05) is 19.1 Å². The maximum Gasteiger partial charge on any atom is 0.302 e. The van der Waals surface area contributed by atoms with Crippen LogP contribution in [0.3, 0.4) is 0 Å². The van der Waals surface area contributed by atoms with Crippen molar-refractivity contribution in [1.29, 1.82) is 0 Å². The summed E-state index contributed by atoms with van der Waals surface area (Å²) in [5.74, 6) is -0.424. The van der Waals surface area contributed by atoms with Gasteiger partial charge in [0.25, 0.3) is 0 Å². The van der Waals surface area contributed by atoms with E-state index in [1.165, 1.54) is 6.92 Å². The number of hydrogen-bond acceptors (Lipinski definition) is 2. The molecule has 0 unspecified atom stereocenters. The van der Waals surface area contributed by atoms with E-state index in [9.17, 15) is 21.1 Å². The molecule has 0 aromatic rings. The number of rotatable bonds is 2. The fraction of sp³-hybridized carbons (Fsp3) is 1.00. The highest BCUT2D eigenvalue weighted by molar-refractivity contribution is 7.86. The zero-order valence-electron chi connectivity index (χ0n) is 5.48. The molecule has 0 aromatic carbocycles. The second kappa shape index (κ2) is 6.85. The molecule has 0 radical (unpaired) electrons. The predicted molar refractivity (Wildman–Crippen MR) is 32.5 cm³/mol. The standard InChI is InChI=1S/C2H4F2.C2H5FO2S/c3-1-2-4;1-2-6(3,4)5/h1-2H2;2H2,1H3. The number of alkyl halides is 2. The Morgan fingerprint density at radius 3 is 1.40 bits per heavy atom. The highest BCUT2D eigenvalue weighted by Gasteiger charge is 1.97. The third kappa shape index (κ3) is 25.1. The topological polar surface area (TPSA) is 34.1 Å². The summed E-state index contributed by atoms with van der Waals surface area (Å²) in [6.45, 7) is -0.449. The van der Waals surface area contributed by atoms with Crippen molar-refractivity contribution in [1.82, 2.24) is 0 Å². The highest BCUT2D eigenvalue weighted by Crippen LogP contribution is 1.85. The lowest BCUT2D eigenvalue weighted by molar-refractivity contribution is 0.380. The van der Waals surface area contributed by atoms with Gasteiger partial charge in [0, 0.05) is 0 Å². The van der Waals surface area contributed by atoms with E-state index < -0.39 is 29.3 Å². The van der Waals surface area contributed by atoms with Gasteiger partial charge in [-0.2, -0.15) is 8.42 Å². The molecule has 0 spiro atoms. The predicted octanol–water partition coefficient (Wildman–Crippen LogP) is 1.23. The zero-order chi connectivity index (χ0) is 8.62. The molecule has 0 bridgehead atoms. The summed E-state index contributed by atoms with van der Waals surface area (Å²) in [6.07, 6.45) is 0. The van der Waals surface area contributed by atoms with Crippen molar-refractivity contribution in [2.45, 2.75) is 6.92 Å². The van der Waals surface area contributed by atoms with Crippen LogP contribution in [0.15, 0.2) is 0 Å². The van der Waals surface area contributed by atoms with E-state index >= 15 is 0 Å². The van der Waals surface area contributed by atoms with Crippen LogP contribution in [-0.2, 0) is 10.2 Å². The molecule has 0 aliphatic carbocycles. The van der Waals surface area contributed by atoms with Crippen LogP contribution in [0, 0.1) is 0 Å². The largest absolute Gasteiger partial charge is 0.302 e. The SMILES string of the molecule is CCS(=O)(=O)F.FCCF. The van der Waals surface area contributed by atoms with Gasteiger partial charge in [-0.1, -0.05) is 0 Å². The van der Waals surface area contributed by atoms with Crippen LogP contribution in [0.5, 0.6) is 0 Å². The summed E-state index contributed by atoms with van der Waals surface area (Å²) in [7, 11) is -4.16. The van der Waals surface area contributed by atoms with Crippen molar-refractivity contribution in [3.8, 4) is 0 Å². The van der Waals surface area contributed by atoms with E-state index in [4.69, 9.17) is 0 Å². The molecule has 64 valence electrons. The lowest BCUT2D eigenvalue weighted by Gasteiger charge is -1.75. The second-order valence-corrected chi connectivity index (χ2v) is 2.86. The first-order valence-electron chi connectivity index (χ1n) is 2.52. The molecule has 6 heteroatoms. The van der Waals surface area contributed by atoms with Crippen LogP contribution in [0.1, 0.15) is 6.92 Å². The van der Waals surface area contributed by atoms with Crippen molar-refractivity contribution in [2.24, 2.45) is 0 Å². The monoisotopic (exact) mass is 178 g/mol. The fourth-order valence-corrected chi connectivity index (χ4v) is 0. The van der Waals surface area contributed by atoms with Crippen molar-refractivity contribution in [3.63, 3.8) is 0 Å². The van der Waals surface area contributed by atoms with Crippen molar-refractivity contribution >= 4 is 10.2 Å². The quantitative estimate of drug-likeness (QED) is 0.596. The first-order chi connectivity index (χ1) is 4.47. The number of hydrogen-bond donors (Lipinski definition) is 0. The van der Waals surface area contributed by atoms with Gasteiger partial charge >= 0.3 is 10.2 Å². The smallest absolute Gasteiger partial charge is 0.248 e. The molecule has 0 aliphatic rings. The summed E-state index contributed by atoms with van der Waals surface area (Å²) in [6, 6.07) is 0. The molecule has 0 N–H and O–H groups in total. The summed E-state index contributed by atoms with van der Waals surface area (Å²) >= 11 is 0. The Bertz CT molecular complexity index is 141. The van der Waals surface area contributed by atoms with Crippen molar-refractivity contribution < 1.29 is 21.1 Å². The van der Waals surface area contributed by atoms with E-state index in [1.54, 1.807) is 0 Å². The number of halogens is 3. The lowest BCUT2D eigenvalue weighted by Crippen LogP contribution is -1.90. The maximum atomic E-state index is 11.1. The van der Waals surface area contributed by atoms with Gasteiger partial charge in [-0.15, -0.1) is 3.89 Å². The van der Waals surface area contributed by atoms with E-state index in [-0.39, 0.29) is 0 Å². The molecule has 0 rings (SSSR count). The molecular formula is C4H9F3O2S.